The quantitative estimate of drug-likeness (QED) is 0.294. The number of nitrogens with zero attached hydrogens (tertiary/aromatic N) is 2. The predicted octanol–water partition coefficient (Wildman–Crippen LogP) is 6.00. The lowest BCUT2D eigenvalue weighted by Crippen LogP contribution is -2.31. The van der Waals surface area contributed by atoms with Crippen LogP contribution in [0.2, 0.25) is 5.02 Å². The molecule has 7 heteroatoms. The molecule has 2 amide bonds. The number of fused-ring (bicyclic) bond motifs is 1. The summed E-state index contributed by atoms with van der Waals surface area (Å²) in [4.78, 5) is 35.4. The van der Waals surface area contributed by atoms with Gasteiger partial charge in [-0.2, -0.15) is 0 Å². The van der Waals surface area contributed by atoms with Crippen LogP contribution in [0.1, 0.15) is 12.0 Å². The molecule has 0 radical (unpaired) electrons. The zero-order chi connectivity index (χ0) is 22.1. The van der Waals surface area contributed by atoms with E-state index in [9.17, 15) is 9.59 Å². The highest BCUT2D eigenvalue weighted by Gasteiger charge is 2.40. The highest BCUT2D eigenvalue weighted by molar-refractivity contribution is 8.00. The molecular formula is C25H18ClN3O2S. The van der Waals surface area contributed by atoms with Gasteiger partial charge >= 0.3 is 0 Å². The molecule has 0 aliphatic carbocycles. The van der Waals surface area contributed by atoms with Crippen LogP contribution in [0.15, 0.2) is 88.9 Å². The Labute approximate surface area is 194 Å². The Morgan fingerprint density at radius 1 is 1.03 bits per heavy atom. The van der Waals surface area contributed by atoms with Crippen molar-refractivity contribution in [3.8, 4) is 0 Å². The minimum absolute atomic E-state index is 0.179. The average molecular weight is 460 g/mol. The lowest BCUT2D eigenvalue weighted by Gasteiger charge is -2.15. The van der Waals surface area contributed by atoms with Crippen molar-refractivity contribution in [2.24, 2.45) is 4.99 Å². The van der Waals surface area contributed by atoms with E-state index in [2.05, 4.69) is 9.98 Å². The van der Waals surface area contributed by atoms with Gasteiger partial charge in [-0.25, -0.2) is 4.90 Å². The Hall–Kier alpha value is -3.35. The predicted molar refractivity (Wildman–Crippen MR) is 130 cm³/mol. The molecule has 4 aromatic rings. The standard InChI is InChI=1S/C25H18ClN3O2S/c26-21-4-2-1-3-17(21)15-28-18-6-9-20(10-7-18)32-23-14-24(30)29(25(23)31)19-8-5-16-11-12-27-22(16)13-19/h1-13,15,23,27H,14H2. The van der Waals surface area contributed by atoms with Crippen LogP contribution in [0.25, 0.3) is 10.9 Å². The number of carbonyl (C=O) groups is 2. The molecular weight excluding hydrogens is 442 g/mol. The van der Waals surface area contributed by atoms with Crippen molar-refractivity contribution in [1.82, 2.24) is 4.98 Å². The number of aliphatic imine (C=N–C) groups is 1. The van der Waals surface area contributed by atoms with E-state index in [4.69, 9.17) is 11.6 Å². The number of thioether (sulfide) groups is 1. The summed E-state index contributed by atoms with van der Waals surface area (Å²) in [6, 6.07) is 22.6. The molecule has 1 fully saturated rings. The van der Waals surface area contributed by atoms with E-state index < -0.39 is 5.25 Å². The number of benzene rings is 3. The van der Waals surface area contributed by atoms with Crippen molar-refractivity contribution >= 4 is 63.7 Å². The Morgan fingerprint density at radius 3 is 2.66 bits per heavy atom. The van der Waals surface area contributed by atoms with Gasteiger partial charge in [-0.3, -0.25) is 14.6 Å². The second kappa shape index (κ2) is 8.65. The van der Waals surface area contributed by atoms with Gasteiger partial charge in [0.1, 0.15) is 0 Å². The van der Waals surface area contributed by atoms with Gasteiger partial charge in [-0.05, 0) is 53.9 Å². The molecule has 5 nitrogen and oxygen atoms in total. The van der Waals surface area contributed by atoms with E-state index in [-0.39, 0.29) is 18.2 Å². The van der Waals surface area contributed by atoms with E-state index in [1.54, 1.807) is 6.21 Å². The third-order valence-corrected chi connectivity index (χ3v) is 6.82. The molecule has 1 aliphatic heterocycles. The molecule has 1 N–H and O–H groups in total. The number of rotatable bonds is 5. The van der Waals surface area contributed by atoms with E-state index in [0.29, 0.717) is 10.7 Å². The smallest absolute Gasteiger partial charge is 0.247 e. The number of hydrogen-bond acceptors (Lipinski definition) is 4. The Bertz CT molecular complexity index is 1350. The van der Waals surface area contributed by atoms with E-state index >= 15 is 0 Å². The number of aromatic amines is 1. The van der Waals surface area contributed by atoms with Crippen molar-refractivity contribution in [2.75, 3.05) is 4.90 Å². The van der Waals surface area contributed by atoms with Crippen molar-refractivity contribution in [3.05, 3.63) is 89.6 Å². The summed E-state index contributed by atoms with van der Waals surface area (Å²) < 4.78 is 0. The van der Waals surface area contributed by atoms with Crippen LogP contribution in [0.4, 0.5) is 11.4 Å². The number of amides is 2. The number of imide groups is 1. The highest BCUT2D eigenvalue weighted by Crippen LogP contribution is 2.35. The largest absolute Gasteiger partial charge is 0.361 e. The van der Waals surface area contributed by atoms with E-state index in [0.717, 1.165) is 27.0 Å². The molecule has 1 aromatic heterocycles. The summed E-state index contributed by atoms with van der Waals surface area (Å²) in [5.41, 5.74) is 3.12. The lowest BCUT2D eigenvalue weighted by molar-refractivity contribution is -0.121. The Kier molecular flexibility index (Phi) is 5.55. The molecule has 1 saturated heterocycles. The van der Waals surface area contributed by atoms with Crippen molar-refractivity contribution in [3.63, 3.8) is 0 Å². The zero-order valence-electron chi connectivity index (χ0n) is 16.9. The zero-order valence-corrected chi connectivity index (χ0v) is 18.4. The highest BCUT2D eigenvalue weighted by atomic mass is 35.5. The first kappa shape index (κ1) is 20.5. The van der Waals surface area contributed by atoms with Crippen LogP contribution in [-0.2, 0) is 9.59 Å². The normalized spacial score (nSPS) is 16.5. The van der Waals surface area contributed by atoms with Gasteiger partial charge in [0.2, 0.25) is 11.8 Å². The molecule has 1 atom stereocenters. The molecule has 5 rings (SSSR count). The molecule has 0 bridgehead atoms. The van der Waals surface area contributed by atoms with Gasteiger partial charge in [-0.15, -0.1) is 11.8 Å². The number of hydrogen-bond donors (Lipinski definition) is 1. The number of anilines is 1. The molecule has 0 spiro atoms. The minimum Gasteiger partial charge on any atom is -0.361 e. The van der Waals surface area contributed by atoms with Gasteiger partial charge in [0, 0.05) is 39.8 Å². The summed E-state index contributed by atoms with van der Waals surface area (Å²) >= 11 is 7.55. The maximum absolute atomic E-state index is 13.0. The first-order valence-electron chi connectivity index (χ1n) is 10.1. The minimum atomic E-state index is -0.445. The van der Waals surface area contributed by atoms with Crippen LogP contribution in [0.3, 0.4) is 0 Å². The summed E-state index contributed by atoms with van der Waals surface area (Å²) in [6.07, 6.45) is 3.74. The van der Waals surface area contributed by atoms with Crippen LogP contribution < -0.4 is 4.90 Å². The monoisotopic (exact) mass is 459 g/mol. The van der Waals surface area contributed by atoms with Crippen LogP contribution in [-0.4, -0.2) is 28.3 Å². The van der Waals surface area contributed by atoms with Gasteiger partial charge in [0.25, 0.3) is 0 Å². The lowest BCUT2D eigenvalue weighted by atomic mass is 10.2. The summed E-state index contributed by atoms with van der Waals surface area (Å²) in [6.45, 7) is 0. The fraction of sp³-hybridized carbons (Fsp3) is 0.0800. The molecule has 1 aliphatic rings. The van der Waals surface area contributed by atoms with Crippen molar-refractivity contribution in [1.29, 1.82) is 0 Å². The summed E-state index contributed by atoms with van der Waals surface area (Å²) in [7, 11) is 0. The SMILES string of the molecule is O=C1CC(Sc2ccc(N=Cc3ccccc3Cl)cc2)C(=O)N1c1ccc2cc[nH]c2c1. The molecule has 3 aromatic carbocycles. The van der Waals surface area contributed by atoms with Crippen LogP contribution in [0.5, 0.6) is 0 Å². The van der Waals surface area contributed by atoms with Crippen LogP contribution in [0, 0.1) is 0 Å². The van der Waals surface area contributed by atoms with Gasteiger partial charge in [0.05, 0.1) is 16.6 Å². The first-order chi connectivity index (χ1) is 15.6. The molecule has 158 valence electrons. The number of nitrogens with one attached hydrogen (secondary N) is 1. The third kappa shape index (κ3) is 4.07. The Morgan fingerprint density at radius 2 is 1.84 bits per heavy atom. The third-order valence-electron chi connectivity index (χ3n) is 5.28. The van der Waals surface area contributed by atoms with E-state index in [1.807, 2.05) is 79.0 Å². The average Bonchev–Trinajstić information content (AvgIpc) is 3.37. The molecule has 0 saturated carbocycles. The topological polar surface area (TPSA) is 65.5 Å². The van der Waals surface area contributed by atoms with Crippen LogP contribution >= 0.6 is 23.4 Å². The van der Waals surface area contributed by atoms with Crippen molar-refractivity contribution < 1.29 is 9.59 Å². The Balaban J connectivity index is 1.28. The van der Waals surface area contributed by atoms with Gasteiger partial charge in [-0.1, -0.05) is 35.9 Å². The number of aromatic nitrogens is 1. The fourth-order valence-electron chi connectivity index (χ4n) is 3.64. The second-order valence-electron chi connectivity index (χ2n) is 7.40. The number of halogens is 1. The van der Waals surface area contributed by atoms with Crippen molar-refractivity contribution in [2.45, 2.75) is 16.6 Å². The summed E-state index contributed by atoms with van der Waals surface area (Å²) in [5.74, 6) is -0.369. The number of carbonyl (C=O) groups excluding carboxylic acids is 2. The fourth-order valence-corrected chi connectivity index (χ4v) is 4.88. The van der Waals surface area contributed by atoms with Gasteiger partial charge < -0.3 is 4.98 Å². The van der Waals surface area contributed by atoms with Gasteiger partial charge in [0.15, 0.2) is 0 Å². The second-order valence-corrected chi connectivity index (χ2v) is 9.08. The maximum atomic E-state index is 13.0. The number of H-pyrrole nitrogens is 1. The molecule has 2 heterocycles. The summed E-state index contributed by atoms with van der Waals surface area (Å²) in [5, 5.41) is 1.24. The van der Waals surface area contributed by atoms with E-state index in [1.165, 1.54) is 16.7 Å². The molecule has 1 unspecified atom stereocenters. The maximum Gasteiger partial charge on any atom is 0.247 e. The molecule has 32 heavy (non-hydrogen) atoms. The first-order valence-corrected chi connectivity index (χ1v) is 11.3.